The third-order valence-corrected chi connectivity index (χ3v) is 4.32. The van der Waals surface area contributed by atoms with Crippen molar-refractivity contribution in [2.45, 2.75) is 38.3 Å². The summed E-state index contributed by atoms with van der Waals surface area (Å²) in [5.41, 5.74) is -0.319. The first-order valence-corrected chi connectivity index (χ1v) is 5.10. The van der Waals surface area contributed by atoms with Gasteiger partial charge in [0.15, 0.2) is 6.29 Å². The maximum absolute atomic E-state index is 9.92. The Labute approximate surface area is 78.0 Å². The van der Waals surface area contributed by atoms with Gasteiger partial charge in [-0.1, -0.05) is 6.92 Å². The molecular formula is C10H16O3. The first kappa shape index (κ1) is 8.21. The quantitative estimate of drug-likeness (QED) is 0.604. The van der Waals surface area contributed by atoms with Crippen molar-refractivity contribution >= 4 is 0 Å². The van der Waals surface area contributed by atoms with Crippen LogP contribution in [-0.2, 0) is 9.47 Å². The molecule has 1 saturated carbocycles. The monoisotopic (exact) mass is 184 g/mol. The molecule has 3 saturated heterocycles. The number of rotatable bonds is 0. The smallest absolute Gasteiger partial charge is 0.161 e. The molecule has 0 aromatic heterocycles. The van der Waals surface area contributed by atoms with Gasteiger partial charge in [-0.15, -0.1) is 0 Å². The maximum Gasteiger partial charge on any atom is 0.161 e. The second kappa shape index (κ2) is 2.27. The zero-order valence-corrected chi connectivity index (χ0v) is 8.06. The number of hydrogen-bond acceptors (Lipinski definition) is 3. The SMILES string of the molecule is C[C@@H]1[C@H]2OC[C@@H]3[C@@H]1C[C@H](O)[C@@]3(C)O2. The van der Waals surface area contributed by atoms with Crippen molar-refractivity contribution in [3.05, 3.63) is 0 Å². The summed E-state index contributed by atoms with van der Waals surface area (Å²) < 4.78 is 11.4. The Kier molecular flexibility index (Phi) is 1.43. The Hall–Kier alpha value is -0.120. The summed E-state index contributed by atoms with van der Waals surface area (Å²) in [7, 11) is 0. The molecule has 3 heterocycles. The van der Waals surface area contributed by atoms with Crippen molar-refractivity contribution < 1.29 is 14.6 Å². The highest BCUT2D eigenvalue weighted by Gasteiger charge is 2.63. The Morgan fingerprint density at radius 1 is 1.46 bits per heavy atom. The van der Waals surface area contributed by atoms with E-state index in [0.29, 0.717) is 17.8 Å². The van der Waals surface area contributed by atoms with Gasteiger partial charge in [0.1, 0.15) is 0 Å². The average molecular weight is 184 g/mol. The molecule has 13 heavy (non-hydrogen) atoms. The van der Waals surface area contributed by atoms with Gasteiger partial charge in [-0.05, 0) is 19.3 Å². The van der Waals surface area contributed by atoms with E-state index in [4.69, 9.17) is 9.47 Å². The summed E-state index contributed by atoms with van der Waals surface area (Å²) in [5, 5.41) is 9.92. The fourth-order valence-corrected chi connectivity index (χ4v) is 3.31. The number of aliphatic hydroxyl groups excluding tert-OH is 1. The van der Waals surface area contributed by atoms with E-state index in [9.17, 15) is 5.11 Å². The van der Waals surface area contributed by atoms with Crippen molar-refractivity contribution in [1.29, 1.82) is 0 Å². The molecule has 0 amide bonds. The summed E-state index contributed by atoms with van der Waals surface area (Å²) in [6.07, 6.45) is 0.526. The van der Waals surface area contributed by atoms with Crippen molar-refractivity contribution in [3.8, 4) is 0 Å². The van der Waals surface area contributed by atoms with Crippen LogP contribution in [0.4, 0.5) is 0 Å². The van der Waals surface area contributed by atoms with Crippen LogP contribution in [0.15, 0.2) is 0 Å². The van der Waals surface area contributed by atoms with Gasteiger partial charge in [-0.2, -0.15) is 0 Å². The third-order valence-electron chi connectivity index (χ3n) is 4.32. The predicted octanol–water partition coefficient (Wildman–Crippen LogP) is 0.765. The highest BCUT2D eigenvalue weighted by Crippen LogP contribution is 2.55. The molecule has 3 aliphatic heterocycles. The molecule has 74 valence electrons. The Morgan fingerprint density at radius 3 is 2.92 bits per heavy atom. The summed E-state index contributed by atoms with van der Waals surface area (Å²) in [5.74, 6) is 1.46. The molecule has 6 atom stereocenters. The Bertz CT molecular complexity index is 242. The number of ether oxygens (including phenoxy) is 2. The van der Waals surface area contributed by atoms with Gasteiger partial charge < -0.3 is 14.6 Å². The molecule has 4 bridgehead atoms. The van der Waals surface area contributed by atoms with Crippen LogP contribution in [0.1, 0.15) is 20.3 Å². The first-order chi connectivity index (χ1) is 6.13. The molecule has 3 nitrogen and oxygen atoms in total. The van der Waals surface area contributed by atoms with Crippen molar-refractivity contribution in [2.24, 2.45) is 17.8 Å². The van der Waals surface area contributed by atoms with E-state index in [2.05, 4.69) is 6.92 Å². The van der Waals surface area contributed by atoms with Gasteiger partial charge in [0.2, 0.25) is 0 Å². The number of fused-ring (bicyclic) bond motifs is 1. The second-order valence-corrected chi connectivity index (χ2v) is 4.88. The lowest BCUT2D eigenvalue weighted by molar-refractivity contribution is -0.337. The highest BCUT2D eigenvalue weighted by molar-refractivity contribution is 5.08. The van der Waals surface area contributed by atoms with Crippen LogP contribution in [-0.4, -0.2) is 29.7 Å². The molecule has 4 rings (SSSR count). The third kappa shape index (κ3) is 0.808. The van der Waals surface area contributed by atoms with Crippen LogP contribution in [0.2, 0.25) is 0 Å². The van der Waals surface area contributed by atoms with Crippen LogP contribution >= 0.6 is 0 Å². The largest absolute Gasteiger partial charge is 0.390 e. The lowest BCUT2D eigenvalue weighted by Crippen LogP contribution is -2.59. The molecule has 0 unspecified atom stereocenters. The van der Waals surface area contributed by atoms with Gasteiger partial charge in [0, 0.05) is 11.8 Å². The van der Waals surface area contributed by atoms with Gasteiger partial charge in [0.25, 0.3) is 0 Å². The van der Waals surface area contributed by atoms with E-state index in [0.717, 1.165) is 13.0 Å². The average Bonchev–Trinajstić information content (AvgIpc) is 2.32. The minimum absolute atomic E-state index is 0.0721. The fourth-order valence-electron chi connectivity index (χ4n) is 3.31. The minimum atomic E-state index is -0.319. The molecule has 3 heteroatoms. The molecule has 4 fully saturated rings. The van der Waals surface area contributed by atoms with E-state index in [-0.39, 0.29) is 18.0 Å². The van der Waals surface area contributed by atoms with Crippen LogP contribution in [0.3, 0.4) is 0 Å². The molecule has 0 radical (unpaired) electrons. The number of aliphatic hydroxyl groups is 1. The Morgan fingerprint density at radius 2 is 2.23 bits per heavy atom. The molecule has 0 spiro atoms. The zero-order chi connectivity index (χ0) is 9.22. The zero-order valence-electron chi connectivity index (χ0n) is 8.06. The Balaban J connectivity index is 2.02. The van der Waals surface area contributed by atoms with E-state index in [1.54, 1.807) is 0 Å². The molecule has 1 aliphatic carbocycles. The van der Waals surface area contributed by atoms with E-state index in [1.165, 1.54) is 0 Å². The van der Waals surface area contributed by atoms with Crippen molar-refractivity contribution in [3.63, 3.8) is 0 Å². The van der Waals surface area contributed by atoms with Gasteiger partial charge in [-0.25, -0.2) is 0 Å². The van der Waals surface area contributed by atoms with E-state index < -0.39 is 0 Å². The van der Waals surface area contributed by atoms with Crippen molar-refractivity contribution in [2.75, 3.05) is 6.61 Å². The lowest BCUT2D eigenvalue weighted by Gasteiger charge is -2.51. The van der Waals surface area contributed by atoms with Gasteiger partial charge in [-0.3, -0.25) is 0 Å². The van der Waals surface area contributed by atoms with E-state index in [1.807, 2.05) is 6.92 Å². The molecule has 4 aliphatic rings. The first-order valence-electron chi connectivity index (χ1n) is 5.10. The van der Waals surface area contributed by atoms with Crippen LogP contribution in [0, 0.1) is 17.8 Å². The van der Waals surface area contributed by atoms with E-state index >= 15 is 0 Å². The predicted molar refractivity (Wildman–Crippen MR) is 46.0 cm³/mol. The molecule has 1 N–H and O–H groups in total. The maximum atomic E-state index is 9.92. The minimum Gasteiger partial charge on any atom is -0.390 e. The summed E-state index contributed by atoms with van der Waals surface area (Å²) in [4.78, 5) is 0. The number of hydrogen-bond donors (Lipinski definition) is 1. The van der Waals surface area contributed by atoms with Gasteiger partial charge >= 0.3 is 0 Å². The summed E-state index contributed by atoms with van der Waals surface area (Å²) >= 11 is 0. The highest BCUT2D eigenvalue weighted by atomic mass is 16.7. The molecular weight excluding hydrogens is 168 g/mol. The topological polar surface area (TPSA) is 38.7 Å². The van der Waals surface area contributed by atoms with Gasteiger partial charge in [0.05, 0.1) is 18.3 Å². The molecule has 0 aromatic carbocycles. The summed E-state index contributed by atoms with van der Waals surface area (Å²) in [6.45, 7) is 4.97. The van der Waals surface area contributed by atoms with Crippen LogP contribution in [0.5, 0.6) is 0 Å². The standard InChI is InChI=1S/C10H16O3/c1-5-6-3-8(11)10(2)7(6)4-12-9(5)13-10/h5-9,11H,3-4H2,1-2H3/t5-,6+,7+,8-,9-,10-/m0/s1. The summed E-state index contributed by atoms with van der Waals surface area (Å²) in [6, 6.07) is 0. The fraction of sp³-hybridized carbons (Fsp3) is 1.00. The second-order valence-electron chi connectivity index (χ2n) is 4.88. The molecule has 0 aromatic rings. The normalized spacial score (nSPS) is 64.4. The van der Waals surface area contributed by atoms with Crippen molar-refractivity contribution in [1.82, 2.24) is 0 Å². The van der Waals surface area contributed by atoms with Crippen LogP contribution in [0.25, 0.3) is 0 Å². The lowest BCUT2D eigenvalue weighted by atomic mass is 9.76. The van der Waals surface area contributed by atoms with Crippen LogP contribution < -0.4 is 0 Å².